The Morgan fingerprint density at radius 3 is 2.75 bits per heavy atom. The molecule has 1 N–H and O–H groups in total. The molecule has 110 valence electrons. The Balaban J connectivity index is 2.73. The Morgan fingerprint density at radius 1 is 1.40 bits per heavy atom. The van der Waals surface area contributed by atoms with Crippen molar-refractivity contribution in [3.8, 4) is 11.5 Å². The van der Waals surface area contributed by atoms with E-state index in [2.05, 4.69) is 26.5 Å². The molecule has 0 spiro atoms. The summed E-state index contributed by atoms with van der Waals surface area (Å²) in [7, 11) is 3.14. The van der Waals surface area contributed by atoms with E-state index in [0.717, 1.165) is 22.9 Å². The first-order valence-electron chi connectivity index (χ1n) is 6.35. The van der Waals surface area contributed by atoms with Gasteiger partial charge in [0.15, 0.2) is 11.5 Å². The summed E-state index contributed by atoms with van der Waals surface area (Å²) in [6, 6.07) is 3.62. The van der Waals surface area contributed by atoms with Crippen molar-refractivity contribution in [1.29, 1.82) is 0 Å². The van der Waals surface area contributed by atoms with E-state index in [9.17, 15) is 4.79 Å². The summed E-state index contributed by atoms with van der Waals surface area (Å²) in [6.45, 7) is 2.04. The van der Waals surface area contributed by atoms with Gasteiger partial charge < -0.3 is 9.47 Å². The molecule has 0 radical (unpaired) electrons. The van der Waals surface area contributed by atoms with Gasteiger partial charge in [-0.3, -0.25) is 4.79 Å². The first-order chi connectivity index (χ1) is 9.62. The van der Waals surface area contributed by atoms with Crippen LogP contribution in [0.4, 0.5) is 0 Å². The topological polar surface area (TPSA) is 59.9 Å². The van der Waals surface area contributed by atoms with Gasteiger partial charge in [-0.2, -0.15) is 5.10 Å². The molecule has 1 aromatic carbocycles. The van der Waals surface area contributed by atoms with Gasteiger partial charge in [-0.1, -0.05) is 13.3 Å². The highest BCUT2D eigenvalue weighted by Gasteiger charge is 2.09. The largest absolute Gasteiger partial charge is 0.493 e. The van der Waals surface area contributed by atoms with Crippen LogP contribution in [-0.4, -0.2) is 26.3 Å². The second-order valence-corrected chi connectivity index (χ2v) is 4.99. The molecule has 5 nitrogen and oxygen atoms in total. The maximum atomic E-state index is 11.4. The average molecular weight is 343 g/mol. The molecule has 1 amide bonds. The van der Waals surface area contributed by atoms with Gasteiger partial charge in [0.05, 0.1) is 24.9 Å². The predicted molar refractivity (Wildman–Crippen MR) is 82.5 cm³/mol. The molecule has 0 unspecified atom stereocenters. The Morgan fingerprint density at radius 2 is 2.15 bits per heavy atom. The minimum Gasteiger partial charge on any atom is -0.493 e. The molecule has 0 aliphatic carbocycles. The molecule has 0 bridgehead atoms. The summed E-state index contributed by atoms with van der Waals surface area (Å²) >= 11 is 3.40. The Kier molecular flexibility index (Phi) is 7.08. The van der Waals surface area contributed by atoms with Crippen LogP contribution in [0, 0.1) is 0 Å². The number of halogens is 1. The van der Waals surface area contributed by atoms with Gasteiger partial charge in [-0.25, -0.2) is 5.43 Å². The number of nitrogens with zero attached hydrogens (tertiary/aromatic N) is 1. The molecule has 1 rings (SSSR count). The van der Waals surface area contributed by atoms with Gasteiger partial charge in [-0.15, -0.1) is 0 Å². The van der Waals surface area contributed by atoms with Crippen molar-refractivity contribution >= 4 is 28.1 Å². The number of hydrogen-bond donors (Lipinski definition) is 1. The number of carbonyl (C=O) groups is 1. The SMILES string of the molecule is CCCCC(=O)N/N=C\c1cc(Br)c(OC)c(OC)c1. The van der Waals surface area contributed by atoms with Gasteiger partial charge in [0.1, 0.15) is 0 Å². The van der Waals surface area contributed by atoms with Crippen molar-refractivity contribution in [2.75, 3.05) is 14.2 Å². The Labute approximate surface area is 127 Å². The van der Waals surface area contributed by atoms with Crippen molar-refractivity contribution in [2.24, 2.45) is 5.10 Å². The smallest absolute Gasteiger partial charge is 0.240 e. The molecule has 0 atom stereocenters. The molecule has 0 saturated heterocycles. The highest BCUT2D eigenvalue weighted by Crippen LogP contribution is 2.35. The molecular weight excluding hydrogens is 324 g/mol. The lowest BCUT2D eigenvalue weighted by atomic mass is 10.2. The van der Waals surface area contributed by atoms with Crippen molar-refractivity contribution in [3.05, 3.63) is 22.2 Å². The summed E-state index contributed by atoms with van der Waals surface area (Å²) in [5.74, 6) is 1.14. The van der Waals surface area contributed by atoms with E-state index in [1.807, 2.05) is 13.0 Å². The number of benzene rings is 1. The van der Waals surface area contributed by atoms with E-state index in [-0.39, 0.29) is 5.91 Å². The molecule has 0 aliphatic heterocycles. The number of ether oxygens (including phenoxy) is 2. The lowest BCUT2D eigenvalue weighted by Crippen LogP contribution is -2.16. The number of carbonyl (C=O) groups excluding carboxylic acids is 1. The standard InChI is InChI=1S/C14H19BrN2O3/c1-4-5-6-13(18)17-16-9-10-7-11(15)14(20-3)12(8-10)19-2/h7-9H,4-6H2,1-3H3,(H,17,18)/b16-9-. The second-order valence-electron chi connectivity index (χ2n) is 4.13. The molecule has 0 fully saturated rings. The number of nitrogens with one attached hydrogen (secondary N) is 1. The normalized spacial score (nSPS) is 10.6. The van der Waals surface area contributed by atoms with Crippen LogP contribution in [0.2, 0.25) is 0 Å². The van der Waals surface area contributed by atoms with Crippen LogP contribution in [0.3, 0.4) is 0 Å². The van der Waals surface area contributed by atoms with E-state index >= 15 is 0 Å². The van der Waals surface area contributed by atoms with Crippen LogP contribution in [0.25, 0.3) is 0 Å². The number of hydrazone groups is 1. The van der Waals surface area contributed by atoms with Gasteiger partial charge in [-0.05, 0) is 40.0 Å². The minimum absolute atomic E-state index is 0.0809. The van der Waals surface area contributed by atoms with Crippen molar-refractivity contribution in [2.45, 2.75) is 26.2 Å². The van der Waals surface area contributed by atoms with Crippen LogP contribution in [0.1, 0.15) is 31.7 Å². The molecule has 0 saturated carbocycles. The third-order valence-corrected chi connectivity index (χ3v) is 3.21. The van der Waals surface area contributed by atoms with E-state index in [0.29, 0.717) is 17.9 Å². The number of unbranched alkanes of at least 4 members (excludes halogenated alkanes) is 1. The maximum absolute atomic E-state index is 11.4. The monoisotopic (exact) mass is 342 g/mol. The maximum Gasteiger partial charge on any atom is 0.240 e. The molecular formula is C14H19BrN2O3. The lowest BCUT2D eigenvalue weighted by molar-refractivity contribution is -0.121. The molecule has 0 aliphatic rings. The van der Waals surface area contributed by atoms with Crippen molar-refractivity contribution in [1.82, 2.24) is 5.43 Å². The molecule has 1 aromatic rings. The zero-order valence-corrected chi connectivity index (χ0v) is 13.5. The van der Waals surface area contributed by atoms with Gasteiger partial charge >= 0.3 is 0 Å². The van der Waals surface area contributed by atoms with Crippen molar-refractivity contribution < 1.29 is 14.3 Å². The first kappa shape index (κ1) is 16.5. The zero-order chi connectivity index (χ0) is 15.0. The number of rotatable bonds is 7. The fraction of sp³-hybridized carbons (Fsp3) is 0.429. The van der Waals surface area contributed by atoms with Crippen LogP contribution in [0.15, 0.2) is 21.7 Å². The van der Waals surface area contributed by atoms with Gasteiger partial charge in [0.2, 0.25) is 5.91 Å². The highest BCUT2D eigenvalue weighted by atomic mass is 79.9. The highest BCUT2D eigenvalue weighted by molar-refractivity contribution is 9.10. The predicted octanol–water partition coefficient (Wildman–Crippen LogP) is 3.11. The molecule has 6 heteroatoms. The summed E-state index contributed by atoms with van der Waals surface area (Å²) in [6.07, 6.45) is 3.91. The molecule has 0 aromatic heterocycles. The number of hydrogen-bond acceptors (Lipinski definition) is 4. The quantitative estimate of drug-likeness (QED) is 0.611. The number of methoxy groups -OCH3 is 2. The van der Waals surface area contributed by atoms with Gasteiger partial charge in [0.25, 0.3) is 0 Å². The van der Waals surface area contributed by atoms with Crippen LogP contribution in [-0.2, 0) is 4.79 Å². The lowest BCUT2D eigenvalue weighted by Gasteiger charge is -2.10. The van der Waals surface area contributed by atoms with Crippen LogP contribution < -0.4 is 14.9 Å². The van der Waals surface area contributed by atoms with E-state index in [1.165, 1.54) is 0 Å². The van der Waals surface area contributed by atoms with E-state index in [1.54, 1.807) is 26.5 Å². The fourth-order valence-electron chi connectivity index (χ4n) is 1.58. The summed E-state index contributed by atoms with van der Waals surface area (Å²) in [5.41, 5.74) is 3.29. The molecule has 0 heterocycles. The summed E-state index contributed by atoms with van der Waals surface area (Å²) in [4.78, 5) is 11.4. The van der Waals surface area contributed by atoms with Crippen LogP contribution >= 0.6 is 15.9 Å². The van der Waals surface area contributed by atoms with E-state index in [4.69, 9.17) is 9.47 Å². The van der Waals surface area contributed by atoms with Gasteiger partial charge in [0, 0.05) is 6.42 Å². The fourth-order valence-corrected chi connectivity index (χ4v) is 2.21. The minimum atomic E-state index is -0.0809. The molecule has 20 heavy (non-hydrogen) atoms. The Bertz CT molecular complexity index is 490. The zero-order valence-electron chi connectivity index (χ0n) is 11.9. The van der Waals surface area contributed by atoms with Crippen molar-refractivity contribution in [3.63, 3.8) is 0 Å². The third kappa shape index (κ3) is 4.85. The third-order valence-electron chi connectivity index (χ3n) is 2.62. The summed E-state index contributed by atoms with van der Waals surface area (Å²) < 4.78 is 11.2. The second kappa shape index (κ2) is 8.58. The summed E-state index contributed by atoms with van der Waals surface area (Å²) in [5, 5.41) is 3.92. The first-order valence-corrected chi connectivity index (χ1v) is 7.15. The van der Waals surface area contributed by atoms with Crippen LogP contribution in [0.5, 0.6) is 11.5 Å². The average Bonchev–Trinajstić information content (AvgIpc) is 2.44. The Hall–Kier alpha value is -1.56. The van der Waals surface area contributed by atoms with E-state index < -0.39 is 0 Å². The number of amides is 1.